The van der Waals surface area contributed by atoms with Gasteiger partial charge < -0.3 is 14.0 Å². The summed E-state index contributed by atoms with van der Waals surface area (Å²) in [6, 6.07) is 3.98. The summed E-state index contributed by atoms with van der Waals surface area (Å²) in [5.41, 5.74) is 1.98. The Kier molecular flexibility index (Phi) is 4.83. The van der Waals surface area contributed by atoms with E-state index in [9.17, 15) is 0 Å². The van der Waals surface area contributed by atoms with Crippen LogP contribution in [-0.4, -0.2) is 41.5 Å². The molecule has 5 heteroatoms. The third kappa shape index (κ3) is 3.41. The first-order chi connectivity index (χ1) is 10.4. The van der Waals surface area contributed by atoms with E-state index in [0.717, 1.165) is 62.6 Å². The number of methoxy groups -OCH3 is 1. The number of ether oxygens (including phenoxy) is 2. The van der Waals surface area contributed by atoms with Gasteiger partial charge in [-0.1, -0.05) is 0 Å². The Morgan fingerprint density at radius 3 is 3.24 bits per heavy atom. The van der Waals surface area contributed by atoms with Gasteiger partial charge in [0, 0.05) is 45.4 Å². The number of aromatic nitrogens is 3. The van der Waals surface area contributed by atoms with Crippen LogP contribution in [0.1, 0.15) is 25.1 Å². The summed E-state index contributed by atoms with van der Waals surface area (Å²) in [4.78, 5) is 9.28. The minimum absolute atomic E-state index is 0.569. The molecule has 5 nitrogen and oxygen atoms in total. The summed E-state index contributed by atoms with van der Waals surface area (Å²) in [5, 5.41) is 0. The summed E-state index contributed by atoms with van der Waals surface area (Å²) >= 11 is 0. The molecule has 114 valence electrons. The second-order valence-electron chi connectivity index (χ2n) is 5.66. The van der Waals surface area contributed by atoms with E-state index >= 15 is 0 Å². The van der Waals surface area contributed by atoms with Gasteiger partial charge in [-0.25, -0.2) is 9.97 Å². The van der Waals surface area contributed by atoms with Gasteiger partial charge in [0.1, 0.15) is 11.3 Å². The highest BCUT2D eigenvalue weighted by molar-refractivity contribution is 5.71. The highest BCUT2D eigenvalue weighted by Gasteiger charge is 2.18. The predicted molar refractivity (Wildman–Crippen MR) is 81.3 cm³/mol. The van der Waals surface area contributed by atoms with E-state index in [-0.39, 0.29) is 0 Å². The van der Waals surface area contributed by atoms with Crippen LogP contribution in [0, 0.1) is 5.92 Å². The highest BCUT2D eigenvalue weighted by atomic mass is 16.5. The highest BCUT2D eigenvalue weighted by Crippen LogP contribution is 2.21. The molecule has 1 atom stereocenters. The molecule has 2 aromatic rings. The van der Waals surface area contributed by atoms with Crippen LogP contribution in [0.15, 0.2) is 18.3 Å². The molecule has 3 heterocycles. The minimum Gasteiger partial charge on any atom is -0.385 e. The fourth-order valence-electron chi connectivity index (χ4n) is 2.97. The quantitative estimate of drug-likeness (QED) is 0.766. The van der Waals surface area contributed by atoms with Crippen molar-refractivity contribution in [3.8, 4) is 0 Å². The molecule has 1 aliphatic rings. The molecule has 0 N–H and O–H groups in total. The number of aryl methyl sites for hydroxylation is 1. The maximum atomic E-state index is 5.61. The smallest absolute Gasteiger partial charge is 0.159 e. The molecule has 1 unspecified atom stereocenters. The number of imidazole rings is 1. The Hall–Kier alpha value is -1.46. The van der Waals surface area contributed by atoms with Gasteiger partial charge in [-0.3, -0.25) is 0 Å². The first-order valence-corrected chi connectivity index (χ1v) is 7.75. The largest absolute Gasteiger partial charge is 0.385 e. The van der Waals surface area contributed by atoms with Crippen molar-refractivity contribution in [3.05, 3.63) is 24.2 Å². The number of hydrogen-bond donors (Lipinski definition) is 0. The van der Waals surface area contributed by atoms with Crippen molar-refractivity contribution in [2.75, 3.05) is 26.9 Å². The van der Waals surface area contributed by atoms with Gasteiger partial charge in [0.2, 0.25) is 0 Å². The zero-order valence-corrected chi connectivity index (χ0v) is 12.6. The SMILES string of the molecule is COCCCc1nc2cccnc2n1CC1CCCOC1. The van der Waals surface area contributed by atoms with E-state index in [1.807, 2.05) is 18.3 Å². The van der Waals surface area contributed by atoms with Crippen LogP contribution >= 0.6 is 0 Å². The fraction of sp³-hybridized carbons (Fsp3) is 0.625. The third-order valence-electron chi connectivity index (χ3n) is 4.03. The summed E-state index contributed by atoms with van der Waals surface area (Å²) in [6.45, 7) is 3.48. The van der Waals surface area contributed by atoms with Gasteiger partial charge in [-0.2, -0.15) is 0 Å². The molecule has 0 aliphatic carbocycles. The summed E-state index contributed by atoms with van der Waals surface area (Å²) in [6.07, 6.45) is 6.14. The summed E-state index contributed by atoms with van der Waals surface area (Å²) < 4.78 is 13.0. The molecule has 0 saturated carbocycles. The monoisotopic (exact) mass is 289 g/mol. The first kappa shape index (κ1) is 14.5. The molecule has 1 saturated heterocycles. The Labute approximate surface area is 125 Å². The second kappa shape index (κ2) is 7.00. The first-order valence-electron chi connectivity index (χ1n) is 7.75. The van der Waals surface area contributed by atoms with Crippen molar-refractivity contribution in [2.45, 2.75) is 32.2 Å². The molecule has 0 amide bonds. The van der Waals surface area contributed by atoms with Crippen molar-refractivity contribution in [2.24, 2.45) is 5.92 Å². The molecule has 21 heavy (non-hydrogen) atoms. The van der Waals surface area contributed by atoms with Gasteiger partial charge >= 0.3 is 0 Å². The van der Waals surface area contributed by atoms with Crippen LogP contribution in [0.2, 0.25) is 0 Å². The molecule has 3 rings (SSSR count). The van der Waals surface area contributed by atoms with Crippen molar-refractivity contribution >= 4 is 11.2 Å². The van der Waals surface area contributed by atoms with Crippen molar-refractivity contribution < 1.29 is 9.47 Å². The standard InChI is InChI=1S/C16H23N3O2/c1-20-9-4-7-15-18-14-6-2-8-17-16(14)19(15)11-13-5-3-10-21-12-13/h2,6,8,13H,3-5,7,9-12H2,1H3. The fourth-order valence-corrected chi connectivity index (χ4v) is 2.97. The Morgan fingerprint density at radius 1 is 1.48 bits per heavy atom. The van der Waals surface area contributed by atoms with Crippen LogP contribution < -0.4 is 0 Å². The van der Waals surface area contributed by atoms with E-state index in [2.05, 4.69) is 9.55 Å². The lowest BCUT2D eigenvalue weighted by Crippen LogP contribution is -2.23. The maximum Gasteiger partial charge on any atom is 0.159 e. The van der Waals surface area contributed by atoms with Gasteiger partial charge in [-0.15, -0.1) is 0 Å². The summed E-state index contributed by atoms with van der Waals surface area (Å²) in [5.74, 6) is 1.69. The van der Waals surface area contributed by atoms with E-state index in [1.54, 1.807) is 7.11 Å². The van der Waals surface area contributed by atoms with E-state index < -0.39 is 0 Å². The Balaban J connectivity index is 1.83. The zero-order valence-electron chi connectivity index (χ0n) is 12.6. The molecule has 0 spiro atoms. The molecule has 0 aromatic carbocycles. The van der Waals surface area contributed by atoms with Crippen LogP contribution in [-0.2, 0) is 22.4 Å². The molecular formula is C16H23N3O2. The van der Waals surface area contributed by atoms with Crippen LogP contribution in [0.5, 0.6) is 0 Å². The molecule has 0 radical (unpaired) electrons. The minimum atomic E-state index is 0.569. The number of nitrogens with zero attached hydrogens (tertiary/aromatic N) is 3. The van der Waals surface area contributed by atoms with E-state index in [4.69, 9.17) is 14.5 Å². The molecule has 2 aromatic heterocycles. The summed E-state index contributed by atoms with van der Waals surface area (Å²) in [7, 11) is 1.74. The average Bonchev–Trinajstić information content (AvgIpc) is 2.87. The van der Waals surface area contributed by atoms with E-state index in [1.165, 1.54) is 6.42 Å². The van der Waals surface area contributed by atoms with E-state index in [0.29, 0.717) is 5.92 Å². The van der Waals surface area contributed by atoms with Crippen molar-refractivity contribution in [1.29, 1.82) is 0 Å². The van der Waals surface area contributed by atoms with Gasteiger partial charge in [0.15, 0.2) is 5.65 Å². The van der Waals surface area contributed by atoms with Gasteiger partial charge in [0.25, 0.3) is 0 Å². The van der Waals surface area contributed by atoms with Gasteiger partial charge in [-0.05, 0) is 31.4 Å². The predicted octanol–water partition coefficient (Wildman–Crippen LogP) is 2.44. The third-order valence-corrected chi connectivity index (χ3v) is 4.03. The lowest BCUT2D eigenvalue weighted by Gasteiger charge is -2.23. The second-order valence-corrected chi connectivity index (χ2v) is 5.66. The average molecular weight is 289 g/mol. The van der Waals surface area contributed by atoms with Crippen molar-refractivity contribution in [1.82, 2.24) is 14.5 Å². The van der Waals surface area contributed by atoms with Crippen LogP contribution in [0.4, 0.5) is 0 Å². The Morgan fingerprint density at radius 2 is 2.43 bits per heavy atom. The topological polar surface area (TPSA) is 49.2 Å². The molecular weight excluding hydrogens is 266 g/mol. The maximum absolute atomic E-state index is 5.61. The normalized spacial score (nSPS) is 19.2. The molecule has 1 aliphatic heterocycles. The zero-order chi connectivity index (χ0) is 14.5. The lowest BCUT2D eigenvalue weighted by molar-refractivity contribution is 0.0484. The van der Waals surface area contributed by atoms with Crippen molar-refractivity contribution in [3.63, 3.8) is 0 Å². The molecule has 1 fully saturated rings. The van der Waals surface area contributed by atoms with Crippen LogP contribution in [0.25, 0.3) is 11.2 Å². The number of fused-ring (bicyclic) bond motifs is 1. The van der Waals surface area contributed by atoms with Crippen LogP contribution in [0.3, 0.4) is 0 Å². The van der Waals surface area contributed by atoms with Gasteiger partial charge in [0.05, 0.1) is 6.61 Å². The number of pyridine rings is 1. The number of rotatable bonds is 6. The number of hydrogen-bond acceptors (Lipinski definition) is 4. The molecule has 0 bridgehead atoms. The Bertz CT molecular complexity index is 576. The lowest BCUT2D eigenvalue weighted by atomic mass is 10.0.